The first-order valence-electron chi connectivity index (χ1n) is 8.90. The number of hydrogen-bond acceptors (Lipinski definition) is 2. The largest absolute Gasteiger partial charge is 0.496 e. The predicted molar refractivity (Wildman–Crippen MR) is 103 cm³/mol. The molecule has 1 aromatic carbocycles. The molecule has 2 aromatic heterocycles. The normalized spacial score (nSPS) is 12.3. The summed E-state index contributed by atoms with van der Waals surface area (Å²) in [7, 11) is 1.67. The lowest BCUT2D eigenvalue weighted by atomic mass is 9.94. The van der Waals surface area contributed by atoms with Crippen molar-refractivity contribution in [2.24, 2.45) is 0 Å². The van der Waals surface area contributed by atoms with Gasteiger partial charge in [-0.1, -0.05) is 32.9 Å². The first kappa shape index (κ1) is 17.3. The third-order valence-electron chi connectivity index (χ3n) is 5.08. The number of aldehydes is 1. The Kier molecular flexibility index (Phi) is 4.93. The highest BCUT2D eigenvalue weighted by molar-refractivity contribution is 5.91. The van der Waals surface area contributed by atoms with Crippen LogP contribution in [0.1, 0.15) is 54.7 Å². The Hall–Kier alpha value is -2.55. The monoisotopic (exact) mass is 335 g/mol. The minimum atomic E-state index is 0.466. The highest BCUT2D eigenvalue weighted by atomic mass is 16.5. The van der Waals surface area contributed by atoms with Gasteiger partial charge in [0, 0.05) is 22.8 Å². The van der Waals surface area contributed by atoms with E-state index in [1.807, 2.05) is 16.7 Å². The van der Waals surface area contributed by atoms with E-state index in [2.05, 4.69) is 51.1 Å². The summed E-state index contributed by atoms with van der Waals surface area (Å²) in [4.78, 5) is 11.9. The van der Waals surface area contributed by atoms with Crippen molar-refractivity contribution in [3.63, 3.8) is 0 Å². The van der Waals surface area contributed by atoms with Crippen molar-refractivity contribution in [3.05, 3.63) is 59.4 Å². The van der Waals surface area contributed by atoms with E-state index in [-0.39, 0.29) is 0 Å². The van der Waals surface area contributed by atoms with Crippen molar-refractivity contribution in [1.82, 2.24) is 4.40 Å². The zero-order chi connectivity index (χ0) is 18.0. The van der Waals surface area contributed by atoms with Crippen molar-refractivity contribution in [2.75, 3.05) is 7.11 Å². The predicted octanol–water partition coefficient (Wildman–Crippen LogP) is 5.50. The van der Waals surface area contributed by atoms with Crippen LogP contribution in [0.15, 0.2) is 42.6 Å². The number of hydrogen-bond donors (Lipinski definition) is 0. The van der Waals surface area contributed by atoms with Crippen molar-refractivity contribution >= 4 is 11.8 Å². The molecule has 3 aromatic rings. The van der Waals surface area contributed by atoms with Crippen molar-refractivity contribution in [3.8, 4) is 16.9 Å². The van der Waals surface area contributed by atoms with E-state index in [0.717, 1.165) is 41.5 Å². The third kappa shape index (κ3) is 3.07. The number of methoxy groups -OCH3 is 1. The molecule has 2 heterocycles. The summed E-state index contributed by atoms with van der Waals surface area (Å²) in [6, 6.07) is 12.5. The van der Waals surface area contributed by atoms with Crippen molar-refractivity contribution < 1.29 is 9.53 Å². The number of aryl methyl sites for hydroxylation is 1. The maximum absolute atomic E-state index is 11.9. The van der Waals surface area contributed by atoms with Gasteiger partial charge in [-0.2, -0.15) is 0 Å². The van der Waals surface area contributed by atoms with Crippen LogP contribution in [0.3, 0.4) is 0 Å². The Bertz CT molecular complexity index is 908. The summed E-state index contributed by atoms with van der Waals surface area (Å²) in [5, 5.41) is 0. The lowest BCUT2D eigenvalue weighted by molar-refractivity contribution is 0.111. The number of benzene rings is 1. The van der Waals surface area contributed by atoms with Crippen LogP contribution < -0.4 is 4.74 Å². The fourth-order valence-corrected chi connectivity index (χ4v) is 3.26. The van der Waals surface area contributed by atoms with Gasteiger partial charge in [0.1, 0.15) is 5.75 Å². The molecule has 0 saturated heterocycles. The van der Waals surface area contributed by atoms with Crippen LogP contribution in [0.5, 0.6) is 5.75 Å². The Balaban J connectivity index is 2.26. The van der Waals surface area contributed by atoms with E-state index in [1.54, 1.807) is 7.11 Å². The number of rotatable bonds is 6. The Morgan fingerprint density at radius 2 is 1.92 bits per heavy atom. The zero-order valence-corrected chi connectivity index (χ0v) is 15.4. The maximum Gasteiger partial charge on any atom is 0.167 e. The summed E-state index contributed by atoms with van der Waals surface area (Å²) in [6.07, 6.45) is 5.00. The van der Waals surface area contributed by atoms with Gasteiger partial charge in [-0.15, -0.1) is 0 Å². The second kappa shape index (κ2) is 7.14. The van der Waals surface area contributed by atoms with Crippen LogP contribution in [0.25, 0.3) is 16.6 Å². The van der Waals surface area contributed by atoms with Crippen LogP contribution in [0, 0.1) is 0 Å². The van der Waals surface area contributed by atoms with Crippen molar-refractivity contribution in [2.45, 2.75) is 39.5 Å². The van der Waals surface area contributed by atoms with E-state index < -0.39 is 0 Å². The molecule has 0 amide bonds. The second-order valence-electron chi connectivity index (χ2n) is 6.52. The summed E-state index contributed by atoms with van der Waals surface area (Å²) in [5.74, 6) is 1.26. The van der Waals surface area contributed by atoms with Crippen molar-refractivity contribution in [1.29, 1.82) is 0 Å². The van der Waals surface area contributed by atoms with Gasteiger partial charge in [0.15, 0.2) is 6.29 Å². The molecule has 0 spiro atoms. The van der Waals surface area contributed by atoms with Crippen LogP contribution in [-0.4, -0.2) is 17.8 Å². The smallest absolute Gasteiger partial charge is 0.167 e. The number of carbonyl (C=O) groups excluding carboxylic acids is 1. The maximum atomic E-state index is 11.9. The van der Waals surface area contributed by atoms with Crippen LogP contribution >= 0.6 is 0 Å². The fraction of sp³-hybridized carbons (Fsp3) is 0.318. The minimum absolute atomic E-state index is 0.466. The lowest BCUT2D eigenvalue weighted by Gasteiger charge is -2.14. The van der Waals surface area contributed by atoms with Crippen LogP contribution in [0.4, 0.5) is 0 Å². The van der Waals surface area contributed by atoms with Gasteiger partial charge in [0.25, 0.3) is 0 Å². The molecule has 25 heavy (non-hydrogen) atoms. The van der Waals surface area contributed by atoms with Gasteiger partial charge in [-0.25, -0.2) is 0 Å². The summed E-state index contributed by atoms with van der Waals surface area (Å²) < 4.78 is 7.57. The molecule has 0 N–H and O–H groups in total. The Morgan fingerprint density at radius 1 is 1.12 bits per heavy atom. The van der Waals surface area contributed by atoms with Crippen LogP contribution in [0.2, 0.25) is 0 Å². The van der Waals surface area contributed by atoms with E-state index in [9.17, 15) is 4.79 Å². The Morgan fingerprint density at radius 3 is 2.56 bits per heavy atom. The third-order valence-corrected chi connectivity index (χ3v) is 5.08. The van der Waals surface area contributed by atoms with E-state index in [0.29, 0.717) is 11.6 Å². The molecular formula is C22H25NO2. The number of fused-ring (bicyclic) bond motifs is 1. The standard InChI is InChI=1S/C22H25NO2/c1-5-15(3)17-8-10-22(25-4)20(11-17)19-12-18-9-7-16(6-2)13-23(18)21(19)14-24/h7-15H,5-6H2,1-4H3. The molecule has 0 bridgehead atoms. The van der Waals surface area contributed by atoms with Gasteiger partial charge >= 0.3 is 0 Å². The first-order chi connectivity index (χ1) is 12.1. The molecule has 130 valence electrons. The molecule has 3 rings (SSSR count). The molecule has 0 fully saturated rings. The molecule has 0 aliphatic carbocycles. The quantitative estimate of drug-likeness (QED) is 0.557. The first-order valence-corrected chi connectivity index (χ1v) is 8.90. The molecule has 1 atom stereocenters. The van der Waals surface area contributed by atoms with E-state index >= 15 is 0 Å². The summed E-state index contributed by atoms with van der Waals surface area (Å²) in [5.41, 5.74) is 6.06. The molecule has 0 aliphatic rings. The number of aromatic nitrogens is 1. The topological polar surface area (TPSA) is 30.7 Å². The van der Waals surface area contributed by atoms with Gasteiger partial charge in [-0.3, -0.25) is 4.79 Å². The summed E-state index contributed by atoms with van der Waals surface area (Å²) >= 11 is 0. The SMILES string of the molecule is CCc1ccc2cc(-c3cc(C(C)CC)ccc3OC)c(C=O)n2c1. The van der Waals surface area contributed by atoms with E-state index in [1.165, 1.54) is 11.1 Å². The summed E-state index contributed by atoms with van der Waals surface area (Å²) in [6.45, 7) is 6.52. The number of pyridine rings is 1. The highest BCUT2D eigenvalue weighted by Gasteiger charge is 2.17. The second-order valence-corrected chi connectivity index (χ2v) is 6.52. The fourth-order valence-electron chi connectivity index (χ4n) is 3.26. The molecule has 0 aliphatic heterocycles. The molecule has 1 unspecified atom stereocenters. The molecular weight excluding hydrogens is 310 g/mol. The van der Waals surface area contributed by atoms with Gasteiger partial charge < -0.3 is 9.14 Å². The van der Waals surface area contributed by atoms with Gasteiger partial charge in [0.2, 0.25) is 0 Å². The van der Waals surface area contributed by atoms with E-state index in [4.69, 9.17) is 4.74 Å². The average molecular weight is 335 g/mol. The highest BCUT2D eigenvalue weighted by Crippen LogP contribution is 2.36. The lowest BCUT2D eigenvalue weighted by Crippen LogP contribution is -1.97. The number of nitrogens with zero attached hydrogens (tertiary/aromatic N) is 1. The zero-order valence-electron chi connectivity index (χ0n) is 15.4. The molecule has 0 radical (unpaired) electrons. The number of carbonyl (C=O) groups is 1. The number of ether oxygens (including phenoxy) is 1. The average Bonchev–Trinajstić information content (AvgIpc) is 3.04. The van der Waals surface area contributed by atoms with Gasteiger partial charge in [-0.05, 0) is 54.2 Å². The molecule has 3 nitrogen and oxygen atoms in total. The molecule has 3 heteroatoms. The minimum Gasteiger partial charge on any atom is -0.496 e. The molecule has 0 saturated carbocycles. The Labute approximate surface area is 149 Å². The van der Waals surface area contributed by atoms with Gasteiger partial charge in [0.05, 0.1) is 12.8 Å². The van der Waals surface area contributed by atoms with Crippen LogP contribution in [-0.2, 0) is 6.42 Å².